The molecule has 210 valence electrons. The van der Waals surface area contributed by atoms with Gasteiger partial charge in [0.15, 0.2) is 0 Å². The number of rotatable bonds is 6. The number of benzene rings is 2. The zero-order valence-corrected chi connectivity index (χ0v) is 23.7. The average molecular weight is 540 g/mol. The summed E-state index contributed by atoms with van der Waals surface area (Å²) in [6.07, 6.45) is 7.45. The highest BCUT2D eigenvalue weighted by molar-refractivity contribution is 5.93. The van der Waals surface area contributed by atoms with E-state index in [0.717, 1.165) is 68.1 Å². The Labute approximate surface area is 238 Å². The molecule has 7 nitrogen and oxygen atoms in total. The highest BCUT2D eigenvalue weighted by Gasteiger charge is 2.24. The Hall–Kier alpha value is -3.55. The lowest BCUT2D eigenvalue weighted by Gasteiger charge is -2.29. The van der Waals surface area contributed by atoms with Crippen LogP contribution in [0.3, 0.4) is 0 Å². The second-order valence-electron chi connectivity index (χ2n) is 11.0. The normalized spacial score (nSPS) is 17.3. The van der Waals surface area contributed by atoms with Crippen LogP contribution in [0, 0.1) is 0 Å². The van der Waals surface area contributed by atoms with Crippen LogP contribution in [0.5, 0.6) is 0 Å². The Morgan fingerprint density at radius 2 is 1.60 bits per heavy atom. The van der Waals surface area contributed by atoms with Crippen molar-refractivity contribution in [2.75, 3.05) is 50.7 Å². The van der Waals surface area contributed by atoms with E-state index in [0.29, 0.717) is 26.1 Å². The lowest BCUT2D eigenvalue weighted by atomic mass is 10.0. The van der Waals surface area contributed by atoms with Gasteiger partial charge in [-0.25, -0.2) is 0 Å². The van der Waals surface area contributed by atoms with Crippen LogP contribution in [-0.4, -0.2) is 77.3 Å². The number of pyridine rings is 1. The standard InChI is InChI=1S/C33H41N5O2/c1-27(39)38-19-8-18-36(25-28-9-3-2-4-10-28)21-22-37(33(40)14-20-35-16-5-6-17-35)26-31-23-29(12-13-32(31)38)30-11-7-15-34-24-30/h2-4,7,9-13,15,23-24H,5-6,8,14,16-22,25-26H2,1H3. The van der Waals surface area contributed by atoms with Gasteiger partial charge in [-0.2, -0.15) is 0 Å². The second-order valence-corrected chi connectivity index (χ2v) is 11.0. The summed E-state index contributed by atoms with van der Waals surface area (Å²) in [6, 6.07) is 20.7. The van der Waals surface area contributed by atoms with Crippen molar-refractivity contribution in [3.05, 3.63) is 84.2 Å². The van der Waals surface area contributed by atoms with Crippen molar-refractivity contribution < 1.29 is 9.59 Å². The van der Waals surface area contributed by atoms with Crippen molar-refractivity contribution in [1.29, 1.82) is 0 Å². The number of anilines is 1. The number of likely N-dealkylation sites (tertiary alicyclic amines) is 1. The van der Waals surface area contributed by atoms with E-state index >= 15 is 0 Å². The fourth-order valence-electron chi connectivity index (χ4n) is 5.88. The summed E-state index contributed by atoms with van der Waals surface area (Å²) in [5, 5.41) is 0. The summed E-state index contributed by atoms with van der Waals surface area (Å²) in [5.41, 5.74) is 5.23. The van der Waals surface area contributed by atoms with E-state index in [1.165, 1.54) is 18.4 Å². The molecule has 1 aromatic heterocycles. The van der Waals surface area contributed by atoms with Crippen LogP contribution in [0.4, 0.5) is 5.69 Å². The lowest BCUT2D eigenvalue weighted by molar-refractivity contribution is -0.132. The Balaban J connectivity index is 1.45. The van der Waals surface area contributed by atoms with Crippen LogP contribution in [0.2, 0.25) is 0 Å². The van der Waals surface area contributed by atoms with Gasteiger partial charge in [0.1, 0.15) is 0 Å². The Bertz CT molecular complexity index is 1260. The molecule has 1 saturated heterocycles. The van der Waals surface area contributed by atoms with Gasteiger partial charge in [-0.15, -0.1) is 0 Å². The van der Waals surface area contributed by atoms with Gasteiger partial charge >= 0.3 is 0 Å². The van der Waals surface area contributed by atoms with Crippen LogP contribution >= 0.6 is 0 Å². The van der Waals surface area contributed by atoms with E-state index in [1.54, 1.807) is 13.1 Å². The second kappa shape index (κ2) is 13.7. The van der Waals surface area contributed by atoms with Crippen molar-refractivity contribution in [3.8, 4) is 11.1 Å². The van der Waals surface area contributed by atoms with Gasteiger partial charge < -0.3 is 14.7 Å². The molecule has 2 amide bonds. The topological polar surface area (TPSA) is 60.0 Å². The minimum Gasteiger partial charge on any atom is -0.337 e. The van der Waals surface area contributed by atoms with Gasteiger partial charge in [0, 0.05) is 77.2 Å². The largest absolute Gasteiger partial charge is 0.337 e. The van der Waals surface area contributed by atoms with E-state index in [9.17, 15) is 9.59 Å². The molecule has 1 fully saturated rings. The molecule has 0 aliphatic carbocycles. The van der Waals surface area contributed by atoms with E-state index in [1.807, 2.05) is 40.3 Å². The number of aromatic nitrogens is 1. The molecule has 40 heavy (non-hydrogen) atoms. The zero-order chi connectivity index (χ0) is 27.7. The molecule has 3 aromatic rings. The van der Waals surface area contributed by atoms with Gasteiger partial charge in [0.2, 0.25) is 11.8 Å². The van der Waals surface area contributed by atoms with E-state index < -0.39 is 0 Å². The molecule has 2 aliphatic heterocycles. The van der Waals surface area contributed by atoms with Crippen molar-refractivity contribution in [2.24, 2.45) is 0 Å². The number of hydrogen-bond donors (Lipinski definition) is 0. The molecule has 0 bridgehead atoms. The number of nitrogens with zero attached hydrogens (tertiary/aromatic N) is 5. The molecule has 0 atom stereocenters. The maximum absolute atomic E-state index is 13.7. The third-order valence-corrected chi connectivity index (χ3v) is 8.09. The number of fused-ring (bicyclic) bond motifs is 1. The summed E-state index contributed by atoms with van der Waals surface area (Å²) >= 11 is 0. The summed E-state index contributed by atoms with van der Waals surface area (Å²) in [6.45, 7) is 8.88. The molecule has 0 saturated carbocycles. The minimum absolute atomic E-state index is 0.0242. The Kier molecular flexibility index (Phi) is 9.58. The number of carbonyl (C=O) groups is 2. The first-order chi connectivity index (χ1) is 19.6. The van der Waals surface area contributed by atoms with Gasteiger partial charge in [-0.3, -0.25) is 19.5 Å². The summed E-state index contributed by atoms with van der Waals surface area (Å²) in [4.78, 5) is 39.7. The first kappa shape index (κ1) is 28.0. The lowest BCUT2D eigenvalue weighted by Crippen LogP contribution is -2.39. The minimum atomic E-state index is 0.0242. The highest BCUT2D eigenvalue weighted by Crippen LogP contribution is 2.30. The first-order valence-corrected chi connectivity index (χ1v) is 14.6. The predicted octanol–water partition coefficient (Wildman–Crippen LogP) is 4.82. The van der Waals surface area contributed by atoms with Crippen molar-refractivity contribution >= 4 is 17.5 Å². The molecule has 2 aliphatic rings. The molecule has 0 unspecified atom stereocenters. The average Bonchev–Trinajstić information content (AvgIpc) is 3.49. The Morgan fingerprint density at radius 3 is 2.35 bits per heavy atom. The van der Waals surface area contributed by atoms with Crippen LogP contribution in [0.25, 0.3) is 11.1 Å². The summed E-state index contributed by atoms with van der Waals surface area (Å²) < 4.78 is 0. The van der Waals surface area contributed by atoms with Gasteiger partial charge in [-0.05, 0) is 72.8 Å². The monoisotopic (exact) mass is 539 g/mol. The fraction of sp³-hybridized carbons (Fsp3) is 0.424. The van der Waals surface area contributed by atoms with Crippen molar-refractivity contribution in [3.63, 3.8) is 0 Å². The molecular formula is C33H41N5O2. The summed E-state index contributed by atoms with van der Waals surface area (Å²) in [7, 11) is 0. The molecule has 0 spiro atoms. The fourth-order valence-corrected chi connectivity index (χ4v) is 5.88. The van der Waals surface area contributed by atoms with Crippen LogP contribution < -0.4 is 4.90 Å². The third-order valence-electron chi connectivity index (χ3n) is 8.09. The quantitative estimate of drug-likeness (QED) is 0.450. The van der Waals surface area contributed by atoms with Gasteiger partial charge in [0.05, 0.1) is 0 Å². The highest BCUT2D eigenvalue weighted by atomic mass is 16.2. The molecule has 2 aromatic carbocycles. The number of hydrogen-bond acceptors (Lipinski definition) is 5. The smallest absolute Gasteiger partial charge is 0.224 e. The van der Waals surface area contributed by atoms with E-state index in [2.05, 4.69) is 51.2 Å². The van der Waals surface area contributed by atoms with Gasteiger partial charge in [0.25, 0.3) is 0 Å². The number of carbonyl (C=O) groups excluding carboxylic acids is 2. The third kappa shape index (κ3) is 7.34. The van der Waals surface area contributed by atoms with Gasteiger partial charge in [-0.1, -0.05) is 42.5 Å². The maximum atomic E-state index is 13.7. The van der Waals surface area contributed by atoms with Crippen molar-refractivity contribution in [2.45, 2.75) is 45.7 Å². The molecule has 5 rings (SSSR count). The van der Waals surface area contributed by atoms with Crippen LogP contribution in [0.1, 0.15) is 43.7 Å². The maximum Gasteiger partial charge on any atom is 0.224 e. The molecule has 0 N–H and O–H groups in total. The zero-order valence-electron chi connectivity index (χ0n) is 23.7. The summed E-state index contributed by atoms with van der Waals surface area (Å²) in [5.74, 6) is 0.203. The SMILES string of the molecule is CC(=O)N1CCCN(Cc2ccccc2)CCN(C(=O)CCN2CCCC2)Cc2cc(-c3cccnc3)ccc21. The van der Waals surface area contributed by atoms with Crippen LogP contribution in [0.15, 0.2) is 73.1 Å². The first-order valence-electron chi connectivity index (χ1n) is 14.6. The van der Waals surface area contributed by atoms with E-state index in [-0.39, 0.29) is 11.8 Å². The molecular weight excluding hydrogens is 498 g/mol. The number of amides is 2. The van der Waals surface area contributed by atoms with E-state index in [4.69, 9.17) is 0 Å². The van der Waals surface area contributed by atoms with Crippen molar-refractivity contribution in [1.82, 2.24) is 19.7 Å². The van der Waals surface area contributed by atoms with Crippen LogP contribution in [-0.2, 0) is 22.7 Å². The molecule has 3 heterocycles. The molecule has 0 radical (unpaired) electrons. The Morgan fingerprint density at radius 1 is 0.800 bits per heavy atom. The predicted molar refractivity (Wildman–Crippen MR) is 160 cm³/mol. The molecule has 7 heteroatoms.